The molecule has 1 atom stereocenters. The van der Waals surface area contributed by atoms with Crippen molar-refractivity contribution >= 4 is 17.3 Å². The van der Waals surface area contributed by atoms with Crippen LogP contribution in [0.1, 0.15) is 37.0 Å². The van der Waals surface area contributed by atoms with Crippen LogP contribution in [0.3, 0.4) is 0 Å². The van der Waals surface area contributed by atoms with Gasteiger partial charge in [-0.15, -0.1) is 0 Å². The van der Waals surface area contributed by atoms with Gasteiger partial charge in [0.1, 0.15) is 5.82 Å². The molecule has 4 rings (SSSR count). The lowest BCUT2D eigenvalue weighted by atomic mass is 9.76. The van der Waals surface area contributed by atoms with Crippen LogP contribution >= 0.6 is 0 Å². The highest BCUT2D eigenvalue weighted by Crippen LogP contribution is 2.49. The fraction of sp³-hybridized carbons (Fsp3) is 0.250. The van der Waals surface area contributed by atoms with Crippen molar-refractivity contribution in [3.8, 4) is 0 Å². The maximum Gasteiger partial charge on any atom is 0.261 e. The van der Waals surface area contributed by atoms with E-state index >= 15 is 0 Å². The molecule has 0 saturated carbocycles. The molecule has 0 aliphatic heterocycles. The van der Waals surface area contributed by atoms with Crippen LogP contribution in [-0.4, -0.2) is 30.9 Å². The van der Waals surface area contributed by atoms with E-state index in [1.54, 1.807) is 30.6 Å². The van der Waals surface area contributed by atoms with Crippen molar-refractivity contribution < 1.29 is 23.5 Å². The third-order valence-corrected chi connectivity index (χ3v) is 6.62. The van der Waals surface area contributed by atoms with Gasteiger partial charge in [-0.25, -0.2) is 4.39 Å². The molecule has 0 radical (unpaired) electrons. The first-order chi connectivity index (χ1) is 16.8. The van der Waals surface area contributed by atoms with E-state index in [1.165, 1.54) is 26.4 Å². The summed E-state index contributed by atoms with van der Waals surface area (Å²) in [6.45, 7) is 4.27. The Morgan fingerprint density at radius 2 is 1.89 bits per heavy atom. The van der Waals surface area contributed by atoms with Gasteiger partial charge in [-0.2, -0.15) is 0 Å². The zero-order chi connectivity index (χ0) is 25.2. The van der Waals surface area contributed by atoms with Gasteiger partial charge < -0.3 is 14.8 Å². The molecule has 0 fully saturated rings. The minimum Gasteiger partial charge on any atom is -0.492 e. The Hall–Kier alpha value is -4.00. The lowest BCUT2D eigenvalue weighted by Gasteiger charge is -2.27. The molecular weight excluding hydrogens is 447 g/mol. The standard InChI is InChI=1S/C28H27FN2O4/c1-17-22(10-19-11-24(34-3)27(33)25(12-19)35-4)21-8-7-20(29)13-23(21)28(17,2)14-26(32)31-16-18-6-5-9-30-15-18/h5-13,15H,14,16H2,1-4H3,(H,31,32). The average molecular weight is 475 g/mol. The van der Waals surface area contributed by atoms with Gasteiger partial charge in [-0.1, -0.05) is 24.6 Å². The molecule has 2 aromatic rings. The Morgan fingerprint density at radius 1 is 1.17 bits per heavy atom. The Labute approximate surface area is 203 Å². The van der Waals surface area contributed by atoms with Gasteiger partial charge >= 0.3 is 0 Å². The molecule has 35 heavy (non-hydrogen) atoms. The summed E-state index contributed by atoms with van der Waals surface area (Å²) in [6, 6.07) is 8.35. The number of carbonyl (C=O) groups excluding carboxylic acids is 2. The van der Waals surface area contributed by atoms with Crippen LogP contribution in [0.25, 0.3) is 5.57 Å². The monoisotopic (exact) mass is 474 g/mol. The quantitative estimate of drug-likeness (QED) is 0.638. The first-order valence-electron chi connectivity index (χ1n) is 11.2. The van der Waals surface area contributed by atoms with E-state index in [1.807, 2.05) is 32.1 Å². The molecule has 2 aliphatic rings. The van der Waals surface area contributed by atoms with Crippen LogP contribution in [0, 0.1) is 5.82 Å². The molecule has 1 aromatic heterocycles. The number of rotatable bonds is 7. The number of nitrogens with one attached hydrogen (secondary N) is 1. The van der Waals surface area contributed by atoms with E-state index in [2.05, 4.69) is 10.3 Å². The van der Waals surface area contributed by atoms with Crippen molar-refractivity contribution in [1.82, 2.24) is 10.3 Å². The summed E-state index contributed by atoms with van der Waals surface area (Å²) in [6.07, 6.45) is 8.73. The van der Waals surface area contributed by atoms with Crippen LogP contribution in [-0.2, 0) is 31.0 Å². The van der Waals surface area contributed by atoms with Crippen molar-refractivity contribution in [1.29, 1.82) is 0 Å². The summed E-state index contributed by atoms with van der Waals surface area (Å²) in [5, 5.41) is 2.94. The zero-order valence-corrected chi connectivity index (χ0v) is 20.1. The molecule has 1 aromatic carbocycles. The number of hydrogen-bond donors (Lipinski definition) is 1. The molecule has 2 aliphatic carbocycles. The maximum absolute atomic E-state index is 14.3. The van der Waals surface area contributed by atoms with Gasteiger partial charge in [-0.3, -0.25) is 14.6 Å². The summed E-state index contributed by atoms with van der Waals surface area (Å²) < 4.78 is 24.8. The van der Waals surface area contributed by atoms with Gasteiger partial charge in [0.25, 0.3) is 5.78 Å². The SMILES string of the molecule is COC1=CC(=CC2=C(C)C(C)(CC(=O)NCc3cccnc3)c3cc(F)ccc32)C=C(OC)C1=O. The summed E-state index contributed by atoms with van der Waals surface area (Å²) in [4.78, 5) is 29.4. The van der Waals surface area contributed by atoms with E-state index < -0.39 is 5.41 Å². The normalized spacial score (nSPS) is 19.1. The fourth-order valence-electron chi connectivity index (χ4n) is 4.56. The van der Waals surface area contributed by atoms with Crippen molar-refractivity contribution in [2.45, 2.75) is 32.2 Å². The molecule has 1 N–H and O–H groups in total. The number of pyridine rings is 1. The maximum atomic E-state index is 14.3. The van der Waals surface area contributed by atoms with Crippen LogP contribution < -0.4 is 5.32 Å². The smallest absolute Gasteiger partial charge is 0.261 e. The van der Waals surface area contributed by atoms with E-state index in [4.69, 9.17) is 9.47 Å². The van der Waals surface area contributed by atoms with E-state index in [9.17, 15) is 14.0 Å². The highest BCUT2D eigenvalue weighted by molar-refractivity contribution is 6.07. The highest BCUT2D eigenvalue weighted by atomic mass is 19.1. The molecule has 7 heteroatoms. The van der Waals surface area contributed by atoms with Crippen LogP contribution in [0.15, 0.2) is 83.6 Å². The number of methoxy groups -OCH3 is 2. The van der Waals surface area contributed by atoms with Crippen molar-refractivity contribution in [3.05, 3.63) is 106 Å². The van der Waals surface area contributed by atoms with E-state index in [0.29, 0.717) is 12.1 Å². The second-order valence-electron chi connectivity index (χ2n) is 8.77. The van der Waals surface area contributed by atoms with Crippen molar-refractivity contribution in [2.75, 3.05) is 14.2 Å². The largest absolute Gasteiger partial charge is 0.492 e. The van der Waals surface area contributed by atoms with E-state index in [0.717, 1.165) is 27.8 Å². The molecule has 1 heterocycles. The topological polar surface area (TPSA) is 77.5 Å². The van der Waals surface area contributed by atoms with E-state index in [-0.39, 0.29) is 35.4 Å². The number of Topliss-reactive ketones (excluding diaryl/α,β-unsaturated/α-hetero) is 1. The summed E-state index contributed by atoms with van der Waals surface area (Å²) in [7, 11) is 2.86. The molecule has 0 saturated heterocycles. The van der Waals surface area contributed by atoms with Crippen molar-refractivity contribution in [2.24, 2.45) is 0 Å². The van der Waals surface area contributed by atoms with Crippen molar-refractivity contribution in [3.63, 3.8) is 0 Å². The number of halogens is 1. The van der Waals surface area contributed by atoms with Gasteiger partial charge in [-0.05, 0) is 71.2 Å². The summed E-state index contributed by atoms with van der Waals surface area (Å²) in [5.74, 6) is -0.501. The lowest BCUT2D eigenvalue weighted by molar-refractivity contribution is -0.122. The molecule has 0 spiro atoms. The number of nitrogens with zero attached hydrogens (tertiary/aromatic N) is 1. The highest BCUT2D eigenvalue weighted by Gasteiger charge is 2.40. The molecule has 180 valence electrons. The molecule has 1 amide bonds. The number of amides is 1. The average Bonchev–Trinajstić information content (AvgIpc) is 3.05. The first kappa shape index (κ1) is 24.1. The summed E-state index contributed by atoms with van der Waals surface area (Å²) in [5.41, 5.74) is 4.27. The Morgan fingerprint density at radius 3 is 2.51 bits per heavy atom. The zero-order valence-electron chi connectivity index (χ0n) is 20.1. The minimum absolute atomic E-state index is 0.147. The number of ether oxygens (including phenoxy) is 2. The van der Waals surface area contributed by atoms with Crippen LogP contribution in [0.2, 0.25) is 0 Å². The van der Waals surface area contributed by atoms with Gasteiger partial charge in [0, 0.05) is 30.8 Å². The molecule has 0 bridgehead atoms. The second kappa shape index (κ2) is 9.70. The Kier molecular flexibility index (Phi) is 6.69. The number of carbonyl (C=O) groups is 2. The number of hydrogen-bond acceptors (Lipinski definition) is 5. The predicted octanol–water partition coefficient (Wildman–Crippen LogP) is 4.54. The third-order valence-electron chi connectivity index (χ3n) is 6.62. The number of fused-ring (bicyclic) bond motifs is 1. The summed E-state index contributed by atoms with van der Waals surface area (Å²) >= 11 is 0. The fourth-order valence-corrected chi connectivity index (χ4v) is 4.56. The van der Waals surface area contributed by atoms with Gasteiger partial charge in [0.15, 0.2) is 11.5 Å². The number of allylic oxidation sites excluding steroid dienone is 6. The number of aromatic nitrogens is 1. The molecule has 6 nitrogen and oxygen atoms in total. The third kappa shape index (κ3) is 4.67. The molecular formula is C28H27FN2O4. The minimum atomic E-state index is -0.713. The number of benzene rings is 1. The molecule has 1 unspecified atom stereocenters. The second-order valence-corrected chi connectivity index (χ2v) is 8.77. The van der Waals surface area contributed by atoms with Gasteiger partial charge in [0.05, 0.1) is 14.2 Å². The predicted molar refractivity (Wildman–Crippen MR) is 130 cm³/mol. The number of ketones is 1. The first-order valence-corrected chi connectivity index (χ1v) is 11.2. The van der Waals surface area contributed by atoms with Crippen LogP contribution in [0.4, 0.5) is 4.39 Å². The Balaban J connectivity index is 1.70. The lowest BCUT2D eigenvalue weighted by Crippen LogP contribution is -2.32. The Bertz CT molecular complexity index is 1280. The van der Waals surface area contributed by atoms with Gasteiger partial charge in [0.2, 0.25) is 5.91 Å². The van der Waals surface area contributed by atoms with Crippen LogP contribution in [0.5, 0.6) is 0 Å².